The Labute approximate surface area is 138 Å². The van der Waals surface area contributed by atoms with Crippen LogP contribution in [0.5, 0.6) is 0 Å². The highest BCUT2D eigenvalue weighted by atomic mass is 32.2. The summed E-state index contributed by atoms with van der Waals surface area (Å²) in [5.74, 6) is 1.59. The quantitative estimate of drug-likeness (QED) is 0.913. The van der Waals surface area contributed by atoms with Crippen molar-refractivity contribution in [3.8, 4) is 0 Å². The van der Waals surface area contributed by atoms with Crippen LogP contribution in [0.2, 0.25) is 0 Å². The Kier molecular flexibility index (Phi) is 5.03. The van der Waals surface area contributed by atoms with Gasteiger partial charge in [0.15, 0.2) is 0 Å². The van der Waals surface area contributed by atoms with Gasteiger partial charge < -0.3 is 10.2 Å². The van der Waals surface area contributed by atoms with E-state index in [4.69, 9.17) is 0 Å². The highest BCUT2D eigenvalue weighted by molar-refractivity contribution is 7.99. The van der Waals surface area contributed by atoms with E-state index in [9.17, 15) is 9.59 Å². The molecule has 0 radical (unpaired) electrons. The maximum Gasteiger partial charge on any atom is 0.244 e. The van der Waals surface area contributed by atoms with Gasteiger partial charge in [0, 0.05) is 17.1 Å². The molecule has 1 aromatic heterocycles. The van der Waals surface area contributed by atoms with E-state index < -0.39 is 0 Å². The van der Waals surface area contributed by atoms with Crippen molar-refractivity contribution in [3.63, 3.8) is 0 Å². The second-order valence-corrected chi connectivity index (χ2v) is 7.94. The van der Waals surface area contributed by atoms with Gasteiger partial charge in [-0.25, -0.2) is 4.98 Å². The first-order valence-electron chi connectivity index (χ1n) is 7.72. The van der Waals surface area contributed by atoms with Crippen molar-refractivity contribution in [2.24, 2.45) is 5.92 Å². The van der Waals surface area contributed by atoms with Crippen LogP contribution in [0, 0.1) is 12.8 Å². The second-order valence-electron chi connectivity index (χ2n) is 5.88. The van der Waals surface area contributed by atoms with Gasteiger partial charge in [0.05, 0.1) is 23.1 Å². The number of aromatic nitrogens is 1. The van der Waals surface area contributed by atoms with Gasteiger partial charge in [0.2, 0.25) is 11.8 Å². The minimum atomic E-state index is -0.321. The van der Waals surface area contributed by atoms with Crippen LogP contribution in [0.1, 0.15) is 36.4 Å². The molecule has 120 valence electrons. The normalized spacial score (nSPS) is 22.2. The number of nitrogens with zero attached hydrogens (tertiary/aromatic N) is 2. The van der Waals surface area contributed by atoms with Gasteiger partial charge in [-0.05, 0) is 19.8 Å². The van der Waals surface area contributed by atoms with Crippen molar-refractivity contribution in [2.75, 3.05) is 11.6 Å². The van der Waals surface area contributed by atoms with Gasteiger partial charge in [-0.2, -0.15) is 0 Å². The van der Waals surface area contributed by atoms with Gasteiger partial charge in [0.25, 0.3) is 0 Å². The lowest BCUT2D eigenvalue weighted by Gasteiger charge is -2.25. The van der Waals surface area contributed by atoms with Crippen molar-refractivity contribution in [1.29, 1.82) is 0 Å². The van der Waals surface area contributed by atoms with Crippen molar-refractivity contribution in [1.82, 2.24) is 15.2 Å². The van der Waals surface area contributed by atoms with Crippen LogP contribution in [0.25, 0.3) is 0 Å². The molecular weight excluding hydrogens is 318 g/mol. The molecule has 1 aliphatic carbocycles. The predicted molar refractivity (Wildman–Crippen MR) is 88.6 cm³/mol. The molecule has 2 fully saturated rings. The average Bonchev–Trinajstić information content (AvgIpc) is 3.25. The van der Waals surface area contributed by atoms with E-state index in [1.54, 1.807) is 28.0 Å². The lowest BCUT2D eigenvalue weighted by molar-refractivity contribution is -0.141. The maximum atomic E-state index is 12.6. The zero-order valence-corrected chi connectivity index (χ0v) is 14.3. The van der Waals surface area contributed by atoms with E-state index in [0.717, 1.165) is 36.4 Å². The summed E-state index contributed by atoms with van der Waals surface area (Å²) in [6, 6.07) is -0.321. The third-order valence-corrected chi connectivity index (χ3v) is 6.12. The molecule has 22 heavy (non-hydrogen) atoms. The molecule has 3 rings (SSSR count). The zero-order chi connectivity index (χ0) is 15.5. The molecule has 0 unspecified atom stereocenters. The number of hydrogen-bond acceptors (Lipinski definition) is 5. The van der Waals surface area contributed by atoms with Crippen molar-refractivity contribution in [2.45, 2.75) is 45.2 Å². The third-order valence-electron chi connectivity index (χ3n) is 4.28. The second kappa shape index (κ2) is 7.00. The summed E-state index contributed by atoms with van der Waals surface area (Å²) in [5.41, 5.74) is 0.884. The number of carbonyl (C=O) groups excluding carboxylic acids is 2. The molecule has 2 amide bonds. The number of rotatable bonds is 4. The number of amides is 2. The molecule has 5 nitrogen and oxygen atoms in total. The van der Waals surface area contributed by atoms with E-state index in [2.05, 4.69) is 10.3 Å². The summed E-state index contributed by atoms with van der Waals surface area (Å²) < 4.78 is 0. The summed E-state index contributed by atoms with van der Waals surface area (Å²) in [7, 11) is 0. The predicted octanol–water partition coefficient (Wildman–Crippen LogP) is 2.16. The van der Waals surface area contributed by atoms with E-state index in [1.807, 2.05) is 12.3 Å². The summed E-state index contributed by atoms with van der Waals surface area (Å²) in [6.45, 7) is 2.39. The molecule has 1 atom stereocenters. The molecule has 1 aliphatic heterocycles. The number of thiazole rings is 1. The third kappa shape index (κ3) is 3.46. The molecule has 1 N–H and O–H groups in total. The minimum absolute atomic E-state index is 0.0537. The molecule has 0 aromatic carbocycles. The van der Waals surface area contributed by atoms with Crippen LogP contribution in [0.15, 0.2) is 5.38 Å². The van der Waals surface area contributed by atoms with Crippen LogP contribution in [-0.2, 0) is 16.1 Å². The summed E-state index contributed by atoms with van der Waals surface area (Å²) in [6.07, 6.45) is 4.23. The first kappa shape index (κ1) is 15.8. The Morgan fingerprint density at radius 2 is 2.18 bits per heavy atom. The SMILES string of the molecule is Cc1nc(CNC(=O)[C@@H]2CSCN2C(=O)C2CCCC2)cs1. The highest BCUT2D eigenvalue weighted by Gasteiger charge is 2.38. The minimum Gasteiger partial charge on any atom is -0.349 e. The Morgan fingerprint density at radius 3 is 2.86 bits per heavy atom. The van der Waals surface area contributed by atoms with Gasteiger partial charge in [-0.15, -0.1) is 23.1 Å². The fourth-order valence-electron chi connectivity index (χ4n) is 3.07. The Hall–Kier alpha value is -1.08. The smallest absolute Gasteiger partial charge is 0.244 e. The van der Waals surface area contributed by atoms with Gasteiger partial charge in [-0.1, -0.05) is 12.8 Å². The van der Waals surface area contributed by atoms with Crippen molar-refractivity contribution in [3.05, 3.63) is 16.1 Å². The molecule has 1 aromatic rings. The molecule has 2 aliphatic rings. The highest BCUT2D eigenvalue weighted by Crippen LogP contribution is 2.30. The number of thioether (sulfide) groups is 1. The molecule has 0 spiro atoms. The monoisotopic (exact) mass is 339 g/mol. The van der Waals surface area contributed by atoms with Gasteiger partial charge >= 0.3 is 0 Å². The summed E-state index contributed by atoms with van der Waals surface area (Å²) in [4.78, 5) is 31.1. The standard InChI is InChI=1S/C15H21N3O2S2/c1-10-17-12(7-22-10)6-16-14(19)13-8-21-9-18(13)15(20)11-4-2-3-5-11/h7,11,13H,2-6,8-9H2,1H3,(H,16,19)/t13-/m0/s1. The van der Waals surface area contributed by atoms with Crippen LogP contribution in [0.4, 0.5) is 0 Å². The van der Waals surface area contributed by atoms with Crippen LogP contribution in [-0.4, -0.2) is 39.4 Å². The average molecular weight is 339 g/mol. The van der Waals surface area contributed by atoms with E-state index in [0.29, 0.717) is 18.2 Å². The van der Waals surface area contributed by atoms with Crippen LogP contribution < -0.4 is 5.32 Å². The Bertz CT molecular complexity index is 555. The number of aryl methyl sites for hydroxylation is 1. The topological polar surface area (TPSA) is 62.3 Å². The van der Waals surface area contributed by atoms with E-state index in [-0.39, 0.29) is 23.8 Å². The van der Waals surface area contributed by atoms with E-state index in [1.165, 1.54) is 0 Å². The van der Waals surface area contributed by atoms with Crippen LogP contribution in [0.3, 0.4) is 0 Å². The lowest BCUT2D eigenvalue weighted by atomic mass is 10.1. The lowest BCUT2D eigenvalue weighted by Crippen LogP contribution is -2.48. The molecule has 0 bridgehead atoms. The maximum absolute atomic E-state index is 12.6. The van der Waals surface area contributed by atoms with Crippen molar-refractivity contribution >= 4 is 34.9 Å². The number of carbonyl (C=O) groups is 2. The first-order chi connectivity index (χ1) is 10.6. The summed E-state index contributed by atoms with van der Waals surface area (Å²) in [5, 5.41) is 5.89. The molecule has 1 saturated heterocycles. The number of hydrogen-bond donors (Lipinski definition) is 1. The molecule has 2 heterocycles. The van der Waals surface area contributed by atoms with Gasteiger partial charge in [-0.3, -0.25) is 9.59 Å². The molecule has 7 heteroatoms. The Balaban J connectivity index is 1.57. The van der Waals surface area contributed by atoms with Gasteiger partial charge in [0.1, 0.15) is 6.04 Å². The largest absolute Gasteiger partial charge is 0.349 e. The Morgan fingerprint density at radius 1 is 1.41 bits per heavy atom. The van der Waals surface area contributed by atoms with Crippen LogP contribution >= 0.6 is 23.1 Å². The molecule has 1 saturated carbocycles. The first-order valence-corrected chi connectivity index (χ1v) is 9.75. The fraction of sp³-hybridized carbons (Fsp3) is 0.667. The number of nitrogens with one attached hydrogen (secondary N) is 1. The summed E-state index contributed by atoms with van der Waals surface area (Å²) >= 11 is 3.24. The zero-order valence-electron chi connectivity index (χ0n) is 12.7. The van der Waals surface area contributed by atoms with E-state index >= 15 is 0 Å². The fourth-order valence-corrected chi connectivity index (χ4v) is 4.85. The molecular formula is C15H21N3O2S2. The van der Waals surface area contributed by atoms with Crippen molar-refractivity contribution < 1.29 is 9.59 Å².